The van der Waals surface area contributed by atoms with Gasteiger partial charge in [0, 0.05) is 19.2 Å². The molecule has 0 bridgehead atoms. The topological polar surface area (TPSA) is 117 Å². The van der Waals surface area contributed by atoms with Gasteiger partial charge in [-0.15, -0.1) is 0 Å². The Morgan fingerprint density at radius 3 is 2.48 bits per heavy atom. The molecule has 130 valence electrons. The average Bonchev–Trinajstić information content (AvgIpc) is 2.85. The smallest absolute Gasteiger partial charge is 0.305 e. The van der Waals surface area contributed by atoms with E-state index in [-0.39, 0.29) is 35.3 Å². The number of carboxylic acid groups (broad SMARTS) is 1. The second-order valence-corrected chi connectivity index (χ2v) is 7.35. The Morgan fingerprint density at radius 2 is 2.00 bits per heavy atom. The minimum absolute atomic E-state index is 0.0467. The highest BCUT2D eigenvalue weighted by molar-refractivity contribution is 7.89. The van der Waals surface area contributed by atoms with Crippen LogP contribution in [0.1, 0.15) is 36.4 Å². The molecule has 2 N–H and O–H groups in total. The van der Waals surface area contributed by atoms with E-state index in [2.05, 4.69) is 4.72 Å². The van der Waals surface area contributed by atoms with Gasteiger partial charge in [-0.2, -0.15) is 0 Å². The van der Waals surface area contributed by atoms with E-state index in [4.69, 9.17) is 9.52 Å². The van der Waals surface area contributed by atoms with E-state index in [1.54, 1.807) is 0 Å². The van der Waals surface area contributed by atoms with Gasteiger partial charge in [0.05, 0.1) is 12.0 Å². The van der Waals surface area contributed by atoms with Crippen LogP contribution in [0.4, 0.5) is 0 Å². The maximum Gasteiger partial charge on any atom is 0.305 e. The summed E-state index contributed by atoms with van der Waals surface area (Å²) in [5.74, 6) is -1.14. The van der Waals surface area contributed by atoms with E-state index >= 15 is 0 Å². The largest absolute Gasteiger partial charge is 0.481 e. The van der Waals surface area contributed by atoms with Crippen molar-refractivity contribution < 1.29 is 27.5 Å². The van der Waals surface area contributed by atoms with E-state index in [1.807, 2.05) is 13.8 Å². The summed E-state index contributed by atoms with van der Waals surface area (Å²) < 4.78 is 30.8. The Kier molecular flexibility index (Phi) is 6.34. The highest BCUT2D eigenvalue weighted by atomic mass is 32.2. The van der Waals surface area contributed by atoms with Crippen molar-refractivity contribution in [2.45, 2.75) is 32.3 Å². The minimum atomic E-state index is -3.79. The molecule has 0 atom stereocenters. The fraction of sp³-hybridized carbons (Fsp3) is 0.571. The number of carbonyl (C=O) groups excluding carboxylic acids is 1. The normalized spacial score (nSPS) is 11.7. The number of carbonyl (C=O) groups is 2. The Bertz CT molecular complexity index is 677. The molecule has 0 unspecified atom stereocenters. The molecule has 0 aliphatic heterocycles. The first kappa shape index (κ1) is 19.2. The molecule has 9 heteroatoms. The third kappa shape index (κ3) is 5.07. The van der Waals surface area contributed by atoms with Crippen LogP contribution in [0, 0.1) is 12.8 Å². The molecule has 0 fully saturated rings. The van der Waals surface area contributed by atoms with Gasteiger partial charge in [0.15, 0.2) is 0 Å². The van der Waals surface area contributed by atoms with E-state index in [9.17, 15) is 18.0 Å². The van der Waals surface area contributed by atoms with Crippen molar-refractivity contribution in [1.29, 1.82) is 0 Å². The molecule has 1 rings (SSSR count). The van der Waals surface area contributed by atoms with Crippen molar-refractivity contribution in [3.05, 3.63) is 17.4 Å². The number of aliphatic carboxylic acids is 1. The fourth-order valence-corrected chi connectivity index (χ4v) is 2.73. The molecule has 1 amide bonds. The first-order chi connectivity index (χ1) is 10.6. The molecule has 0 saturated carbocycles. The third-order valence-electron chi connectivity index (χ3n) is 3.13. The number of amides is 1. The number of hydrogen-bond donors (Lipinski definition) is 2. The minimum Gasteiger partial charge on any atom is -0.481 e. The molecule has 1 aromatic heterocycles. The van der Waals surface area contributed by atoms with Gasteiger partial charge in [-0.05, 0) is 19.9 Å². The molecule has 0 aliphatic rings. The standard InChI is InChI=1S/C14H22N2O6S/c1-9(2)8-16(6-5-12(17)18)14(19)11-7-13(22-10(11)3)23(20,21)15-4/h7,9,15H,5-6,8H2,1-4H3,(H,17,18). The number of furan rings is 1. The van der Waals surface area contributed by atoms with Crippen LogP contribution in [-0.2, 0) is 14.8 Å². The summed E-state index contributed by atoms with van der Waals surface area (Å²) in [6.07, 6.45) is -0.184. The van der Waals surface area contributed by atoms with E-state index in [1.165, 1.54) is 18.9 Å². The van der Waals surface area contributed by atoms with Crippen LogP contribution in [0.3, 0.4) is 0 Å². The summed E-state index contributed by atoms with van der Waals surface area (Å²) in [5.41, 5.74) is 0.116. The summed E-state index contributed by atoms with van der Waals surface area (Å²) in [7, 11) is -2.55. The zero-order chi connectivity index (χ0) is 17.8. The van der Waals surface area contributed by atoms with Crippen LogP contribution in [0.2, 0.25) is 0 Å². The van der Waals surface area contributed by atoms with Gasteiger partial charge >= 0.3 is 5.97 Å². The molecule has 0 aromatic carbocycles. The number of sulfonamides is 1. The Morgan fingerprint density at radius 1 is 1.39 bits per heavy atom. The molecular formula is C14H22N2O6S. The van der Waals surface area contributed by atoms with Crippen molar-refractivity contribution in [2.24, 2.45) is 5.92 Å². The van der Waals surface area contributed by atoms with Crippen molar-refractivity contribution in [2.75, 3.05) is 20.1 Å². The molecule has 0 radical (unpaired) electrons. The van der Waals surface area contributed by atoms with Gasteiger partial charge in [0.25, 0.3) is 15.9 Å². The predicted molar refractivity (Wildman–Crippen MR) is 82.7 cm³/mol. The second kappa shape index (κ2) is 7.60. The summed E-state index contributed by atoms with van der Waals surface area (Å²) in [6, 6.07) is 1.16. The molecule has 8 nitrogen and oxygen atoms in total. The van der Waals surface area contributed by atoms with Crippen LogP contribution in [0.5, 0.6) is 0 Å². The van der Waals surface area contributed by atoms with Crippen LogP contribution >= 0.6 is 0 Å². The lowest BCUT2D eigenvalue weighted by Gasteiger charge is -2.23. The second-order valence-electron chi connectivity index (χ2n) is 5.53. The molecule has 0 saturated heterocycles. The molecular weight excluding hydrogens is 324 g/mol. The van der Waals surface area contributed by atoms with Gasteiger partial charge in [-0.3, -0.25) is 9.59 Å². The van der Waals surface area contributed by atoms with Gasteiger partial charge in [0.1, 0.15) is 5.76 Å². The quantitative estimate of drug-likeness (QED) is 0.727. The zero-order valence-electron chi connectivity index (χ0n) is 13.6. The molecule has 23 heavy (non-hydrogen) atoms. The maximum absolute atomic E-state index is 12.6. The van der Waals surface area contributed by atoms with E-state index < -0.39 is 21.9 Å². The Hall–Kier alpha value is -1.87. The van der Waals surface area contributed by atoms with Crippen LogP contribution in [0.15, 0.2) is 15.6 Å². The van der Waals surface area contributed by atoms with Gasteiger partial charge < -0.3 is 14.4 Å². The number of hydrogen-bond acceptors (Lipinski definition) is 5. The third-order valence-corrected chi connectivity index (χ3v) is 4.40. The number of rotatable bonds is 8. The van der Waals surface area contributed by atoms with E-state index in [0.29, 0.717) is 6.54 Å². The van der Waals surface area contributed by atoms with Gasteiger partial charge in [-0.25, -0.2) is 13.1 Å². The number of nitrogens with one attached hydrogen (secondary N) is 1. The predicted octanol–water partition coefficient (Wildman–Crippen LogP) is 1.07. The number of aryl methyl sites for hydroxylation is 1. The first-order valence-electron chi connectivity index (χ1n) is 7.13. The Balaban J connectivity index is 3.10. The highest BCUT2D eigenvalue weighted by Gasteiger charge is 2.26. The van der Waals surface area contributed by atoms with Crippen molar-refractivity contribution >= 4 is 21.9 Å². The lowest BCUT2D eigenvalue weighted by molar-refractivity contribution is -0.137. The van der Waals surface area contributed by atoms with Crippen molar-refractivity contribution in [3.8, 4) is 0 Å². The fourth-order valence-electron chi connectivity index (χ4n) is 2.02. The van der Waals surface area contributed by atoms with Crippen molar-refractivity contribution in [3.63, 3.8) is 0 Å². The molecule has 1 aromatic rings. The number of nitrogens with zero attached hydrogens (tertiary/aromatic N) is 1. The van der Waals surface area contributed by atoms with Crippen molar-refractivity contribution in [1.82, 2.24) is 9.62 Å². The molecule has 0 spiro atoms. The summed E-state index contributed by atoms with van der Waals surface area (Å²) in [6.45, 7) is 5.71. The van der Waals surface area contributed by atoms with Gasteiger partial charge in [0.2, 0.25) is 5.09 Å². The zero-order valence-corrected chi connectivity index (χ0v) is 14.4. The van der Waals surface area contributed by atoms with Crippen LogP contribution in [0.25, 0.3) is 0 Å². The summed E-state index contributed by atoms with van der Waals surface area (Å²) in [5, 5.41) is 8.46. The Labute approximate surface area is 135 Å². The SMILES string of the molecule is CNS(=O)(=O)c1cc(C(=O)N(CCC(=O)O)CC(C)C)c(C)o1. The lowest BCUT2D eigenvalue weighted by Crippen LogP contribution is -2.36. The maximum atomic E-state index is 12.6. The number of carboxylic acids is 1. The first-order valence-corrected chi connectivity index (χ1v) is 8.61. The highest BCUT2D eigenvalue weighted by Crippen LogP contribution is 2.21. The van der Waals surface area contributed by atoms with E-state index in [0.717, 1.165) is 6.07 Å². The molecule has 0 aliphatic carbocycles. The van der Waals surface area contributed by atoms with Crippen LogP contribution in [-0.4, -0.2) is 50.4 Å². The summed E-state index contributed by atoms with van der Waals surface area (Å²) in [4.78, 5) is 24.7. The van der Waals surface area contributed by atoms with Crippen LogP contribution < -0.4 is 4.72 Å². The lowest BCUT2D eigenvalue weighted by atomic mass is 10.1. The van der Waals surface area contributed by atoms with Gasteiger partial charge in [-0.1, -0.05) is 13.8 Å². The average molecular weight is 346 g/mol. The summed E-state index contributed by atoms with van der Waals surface area (Å²) >= 11 is 0. The molecule has 1 heterocycles. The monoisotopic (exact) mass is 346 g/mol.